The van der Waals surface area contributed by atoms with Crippen LogP contribution in [0, 0.1) is 5.82 Å². The first-order valence-electron chi connectivity index (χ1n) is 7.52. The van der Waals surface area contributed by atoms with E-state index in [1.165, 1.54) is 6.07 Å². The lowest BCUT2D eigenvalue weighted by molar-refractivity contribution is -0.140. The van der Waals surface area contributed by atoms with Crippen LogP contribution in [0.15, 0.2) is 48.5 Å². The van der Waals surface area contributed by atoms with E-state index in [2.05, 4.69) is 0 Å². The normalized spacial score (nSPS) is 12.5. The molecule has 0 bridgehead atoms. The molecule has 0 N–H and O–H groups in total. The largest absolute Gasteiger partial charge is 0.419 e. The molecule has 0 atom stereocenters. The average Bonchev–Trinajstić information content (AvgIpc) is 3.03. The average molecular weight is 421 g/mol. The lowest BCUT2D eigenvalue weighted by atomic mass is 10.1. The molecule has 1 aromatic heterocycles. The number of nitrogens with zero attached hydrogens (tertiary/aromatic N) is 1. The fourth-order valence-electron chi connectivity index (χ4n) is 2.52. The highest BCUT2D eigenvalue weighted by molar-refractivity contribution is 7.92. The number of hydrogen-bond acceptors (Lipinski definition) is 3. The van der Waals surface area contributed by atoms with Gasteiger partial charge in [0.2, 0.25) is 6.01 Å². The second-order valence-corrected chi connectivity index (χ2v) is 8.55. The third kappa shape index (κ3) is 4.06. The molecule has 0 saturated heterocycles. The molecule has 27 heavy (non-hydrogen) atoms. The van der Waals surface area contributed by atoms with Crippen molar-refractivity contribution >= 4 is 36.4 Å². The first-order valence-corrected chi connectivity index (χ1v) is 9.95. The molecule has 0 aliphatic rings. The highest BCUT2D eigenvalue weighted by Crippen LogP contribution is 2.36. The van der Waals surface area contributed by atoms with Crippen molar-refractivity contribution in [3.8, 4) is 0 Å². The molecule has 0 fully saturated rings. The van der Waals surface area contributed by atoms with E-state index in [9.17, 15) is 30.4 Å². The third-order valence-electron chi connectivity index (χ3n) is 3.79. The summed E-state index contributed by atoms with van der Waals surface area (Å²) >= 11 is 1.06. The number of fused-ring (bicyclic) bond motifs is 1. The molecule has 0 radical (unpaired) electrons. The Morgan fingerprint density at radius 1 is 1.04 bits per heavy atom. The summed E-state index contributed by atoms with van der Waals surface area (Å²) in [6, 6.07) is 8.94. The van der Waals surface area contributed by atoms with Gasteiger partial charge in [0, 0.05) is 4.70 Å². The van der Waals surface area contributed by atoms with E-state index in [0.717, 1.165) is 22.1 Å². The number of thiophene rings is 1. The van der Waals surface area contributed by atoms with Crippen LogP contribution in [0.2, 0.25) is 0 Å². The highest BCUT2D eigenvalue weighted by atomic mass is 32.2. The quantitative estimate of drug-likeness (QED) is 0.523. The minimum absolute atomic E-state index is 0.113. The number of rotatable bonds is 5. The Morgan fingerprint density at radius 3 is 2.37 bits per heavy atom. The summed E-state index contributed by atoms with van der Waals surface area (Å²) in [6.07, 6.45) is -4.93. The topological polar surface area (TPSA) is 37.4 Å². The Morgan fingerprint density at radius 2 is 1.74 bits per heavy atom. The van der Waals surface area contributed by atoms with Gasteiger partial charge in [-0.05, 0) is 35.2 Å². The van der Waals surface area contributed by atoms with Crippen molar-refractivity contribution in [1.82, 2.24) is 0 Å². The second-order valence-electron chi connectivity index (χ2n) is 5.66. The Balaban J connectivity index is 2.06. The van der Waals surface area contributed by atoms with Crippen LogP contribution < -0.4 is 4.31 Å². The molecule has 0 aliphatic carbocycles. The number of halogens is 5. The van der Waals surface area contributed by atoms with Crippen LogP contribution in [0.5, 0.6) is 0 Å². The molecule has 0 aliphatic heterocycles. The van der Waals surface area contributed by atoms with Gasteiger partial charge in [-0.15, -0.1) is 11.3 Å². The number of benzene rings is 2. The van der Waals surface area contributed by atoms with Gasteiger partial charge < -0.3 is 0 Å². The summed E-state index contributed by atoms with van der Waals surface area (Å²) in [7, 11) is -4.42. The predicted molar refractivity (Wildman–Crippen MR) is 94.3 cm³/mol. The van der Waals surface area contributed by atoms with Crippen molar-refractivity contribution in [3.63, 3.8) is 0 Å². The first-order chi connectivity index (χ1) is 12.6. The molecule has 144 valence electrons. The van der Waals surface area contributed by atoms with Crippen LogP contribution in [0.1, 0.15) is 11.1 Å². The second kappa shape index (κ2) is 7.08. The molecule has 0 amide bonds. The van der Waals surface area contributed by atoms with E-state index in [1.54, 1.807) is 24.3 Å². The number of alkyl halides is 4. The van der Waals surface area contributed by atoms with Crippen molar-refractivity contribution in [1.29, 1.82) is 0 Å². The minimum Gasteiger partial charge on any atom is -0.254 e. The smallest absolute Gasteiger partial charge is 0.254 e. The number of anilines is 1. The molecule has 0 unspecified atom stereocenters. The van der Waals surface area contributed by atoms with E-state index < -0.39 is 40.1 Å². The van der Waals surface area contributed by atoms with Crippen molar-refractivity contribution in [2.45, 2.75) is 12.7 Å². The van der Waals surface area contributed by atoms with Crippen molar-refractivity contribution in [3.05, 3.63) is 65.5 Å². The van der Waals surface area contributed by atoms with E-state index in [-0.39, 0.29) is 10.6 Å². The van der Waals surface area contributed by atoms with E-state index in [4.69, 9.17) is 0 Å². The molecule has 0 spiro atoms. The van der Waals surface area contributed by atoms with Gasteiger partial charge >= 0.3 is 6.18 Å². The lowest BCUT2D eigenvalue weighted by Gasteiger charge is -2.21. The Bertz CT molecular complexity index is 1040. The van der Waals surface area contributed by atoms with Crippen molar-refractivity contribution < 1.29 is 30.4 Å². The Hall–Kier alpha value is -2.20. The van der Waals surface area contributed by atoms with E-state index >= 15 is 0 Å². The highest BCUT2D eigenvalue weighted by Gasteiger charge is 2.34. The summed E-state index contributed by atoms with van der Waals surface area (Å²) in [5.74, 6) is -1.46. The molecular formula is C17H12F5NO2S2. The van der Waals surface area contributed by atoms with Crippen LogP contribution in [0.4, 0.5) is 27.0 Å². The number of sulfonamides is 1. The number of hydrogen-bond donors (Lipinski definition) is 0. The molecular weight excluding hydrogens is 409 g/mol. The zero-order chi connectivity index (χ0) is 19.8. The maximum atomic E-state index is 13.5. The van der Waals surface area contributed by atoms with Gasteiger partial charge in [-0.1, -0.05) is 24.3 Å². The monoisotopic (exact) mass is 421 g/mol. The Kier molecular flexibility index (Phi) is 5.13. The van der Waals surface area contributed by atoms with Crippen LogP contribution >= 0.6 is 11.3 Å². The zero-order valence-electron chi connectivity index (χ0n) is 13.5. The maximum absolute atomic E-state index is 13.5. The summed E-state index contributed by atoms with van der Waals surface area (Å²) in [6.45, 7) is -0.553. The fraction of sp³-hybridized carbons (Fsp3) is 0.176. The molecule has 3 rings (SSSR count). The summed E-state index contributed by atoms with van der Waals surface area (Å²) < 4.78 is 91.1. The lowest BCUT2D eigenvalue weighted by Crippen LogP contribution is -2.31. The van der Waals surface area contributed by atoms with Gasteiger partial charge in [0.15, 0.2) is 0 Å². The first kappa shape index (κ1) is 19.6. The molecule has 1 heterocycles. The van der Waals surface area contributed by atoms with Gasteiger partial charge in [0.1, 0.15) is 10.8 Å². The Labute approximate surface area is 155 Å². The van der Waals surface area contributed by atoms with Crippen LogP contribution in [0.3, 0.4) is 0 Å². The maximum Gasteiger partial charge on any atom is 0.419 e. The SMILES string of the molecule is O=S(=O)(CF)N(Cc1ccc(F)c(C(F)(F)F)c1)c1cc2ccccc2s1. The molecule has 3 aromatic rings. The standard InChI is InChI=1S/C17H12F5NO2S2/c18-10-27(24,25)23(16-8-12-3-1-2-4-15(12)26-16)9-11-5-6-14(19)13(7-11)17(20,21)22/h1-8H,9-10H2. The van der Waals surface area contributed by atoms with Crippen molar-refractivity contribution in [2.75, 3.05) is 10.3 Å². The molecule has 3 nitrogen and oxygen atoms in total. The minimum atomic E-state index is -4.93. The molecule has 2 aromatic carbocycles. The van der Waals surface area contributed by atoms with E-state index in [1.807, 2.05) is 0 Å². The summed E-state index contributed by atoms with van der Waals surface area (Å²) in [5.41, 5.74) is -1.62. The zero-order valence-corrected chi connectivity index (χ0v) is 15.1. The summed E-state index contributed by atoms with van der Waals surface area (Å²) in [4.78, 5) is 0. The summed E-state index contributed by atoms with van der Waals surface area (Å²) in [5, 5.41) is 0.873. The van der Waals surface area contributed by atoms with E-state index in [0.29, 0.717) is 21.8 Å². The molecule has 0 saturated carbocycles. The van der Waals surface area contributed by atoms with Gasteiger partial charge in [-0.25, -0.2) is 17.2 Å². The van der Waals surface area contributed by atoms with Gasteiger partial charge in [-0.2, -0.15) is 13.2 Å². The third-order valence-corrected chi connectivity index (χ3v) is 6.32. The molecule has 10 heteroatoms. The van der Waals surface area contributed by atoms with Crippen LogP contribution in [0.25, 0.3) is 10.1 Å². The van der Waals surface area contributed by atoms with Gasteiger partial charge in [0.05, 0.1) is 12.1 Å². The predicted octanol–water partition coefficient (Wildman–Crippen LogP) is 5.32. The van der Waals surface area contributed by atoms with Gasteiger partial charge in [-0.3, -0.25) is 4.31 Å². The van der Waals surface area contributed by atoms with Crippen LogP contribution in [-0.2, 0) is 22.7 Å². The van der Waals surface area contributed by atoms with Gasteiger partial charge in [0.25, 0.3) is 10.0 Å². The van der Waals surface area contributed by atoms with Crippen molar-refractivity contribution in [2.24, 2.45) is 0 Å². The fourth-order valence-corrected chi connectivity index (χ4v) is 4.73. The van der Waals surface area contributed by atoms with Crippen LogP contribution in [-0.4, -0.2) is 14.4 Å².